The van der Waals surface area contributed by atoms with Crippen LogP contribution in [0.3, 0.4) is 0 Å². The first-order chi connectivity index (χ1) is 19.9. The maximum Gasteiger partial charge on any atom is 0.264 e. The van der Waals surface area contributed by atoms with Crippen LogP contribution in [-0.2, 0) is 17.6 Å². The van der Waals surface area contributed by atoms with Gasteiger partial charge in [-0.2, -0.15) is 5.26 Å². The number of rotatable bonds is 12. The Morgan fingerprint density at radius 1 is 1.07 bits per heavy atom. The number of hydrogen-bond acceptors (Lipinski definition) is 7. The van der Waals surface area contributed by atoms with Gasteiger partial charge in [0.15, 0.2) is 5.75 Å². The Hall–Kier alpha value is -4.84. The number of amides is 1. The van der Waals surface area contributed by atoms with E-state index in [0.29, 0.717) is 55.1 Å². The maximum absolute atomic E-state index is 13.9. The molecule has 0 saturated heterocycles. The van der Waals surface area contributed by atoms with Gasteiger partial charge in [-0.25, -0.2) is 19.5 Å². The molecule has 0 aliphatic rings. The zero-order chi connectivity index (χ0) is 29.2. The smallest absolute Gasteiger partial charge is 0.264 e. The van der Waals surface area contributed by atoms with E-state index in [9.17, 15) is 14.9 Å². The van der Waals surface area contributed by atoms with Gasteiger partial charge in [-0.15, -0.1) is 0 Å². The number of nitrogens with one attached hydrogen (secondary N) is 1. The summed E-state index contributed by atoms with van der Waals surface area (Å²) in [6.07, 6.45) is 6.77. The third-order valence-corrected chi connectivity index (χ3v) is 6.67. The number of aryl methyl sites for hydroxylation is 2. The largest absolute Gasteiger partial charge is 0.490 e. The van der Waals surface area contributed by atoms with E-state index in [0.717, 1.165) is 35.2 Å². The SMILES string of the molecule is CCCCc1nc(C)n(-c2ncc(OCCCNC(C)=O)cn2)c(=O)c1Cc1ccc(-c2ccccc2C#N)cc1. The third kappa shape index (κ3) is 7.42. The number of carbonyl (C=O) groups excluding carboxylic acids is 1. The molecule has 41 heavy (non-hydrogen) atoms. The van der Waals surface area contributed by atoms with Gasteiger partial charge in [-0.1, -0.05) is 55.8 Å². The lowest BCUT2D eigenvalue weighted by molar-refractivity contribution is -0.118. The van der Waals surface area contributed by atoms with E-state index in [-0.39, 0.29) is 17.4 Å². The molecule has 2 aromatic carbocycles. The number of hydrogen-bond donors (Lipinski definition) is 1. The van der Waals surface area contributed by atoms with Crippen LogP contribution in [0.15, 0.2) is 65.7 Å². The molecule has 1 amide bonds. The molecule has 0 saturated carbocycles. The molecule has 0 fully saturated rings. The van der Waals surface area contributed by atoms with Gasteiger partial charge < -0.3 is 10.1 Å². The van der Waals surface area contributed by atoms with Crippen LogP contribution < -0.4 is 15.6 Å². The molecular weight excluding hydrogens is 516 g/mol. The molecule has 9 nitrogen and oxygen atoms in total. The molecule has 4 rings (SSSR count). The Morgan fingerprint density at radius 3 is 2.49 bits per heavy atom. The molecule has 0 aliphatic carbocycles. The molecule has 0 spiro atoms. The van der Waals surface area contributed by atoms with Gasteiger partial charge in [0.25, 0.3) is 5.56 Å². The molecule has 0 unspecified atom stereocenters. The van der Waals surface area contributed by atoms with Crippen molar-refractivity contribution in [3.8, 4) is 28.9 Å². The molecule has 210 valence electrons. The standard InChI is InChI=1S/C32H34N6O3/c1-4-5-11-30-29(18-24-12-14-25(15-13-24)28-10-7-6-9-26(28)19-33)31(40)38(22(2)37-30)32-35-20-27(21-36-32)41-17-8-16-34-23(3)39/h6-7,9-10,12-15,20-21H,4-5,8,11,16-18H2,1-3H3,(H,34,39). The summed E-state index contributed by atoms with van der Waals surface area (Å²) >= 11 is 0. The van der Waals surface area contributed by atoms with E-state index in [1.807, 2.05) is 42.5 Å². The number of nitriles is 1. The van der Waals surface area contributed by atoms with Gasteiger partial charge in [0, 0.05) is 25.5 Å². The van der Waals surface area contributed by atoms with Crippen LogP contribution in [0, 0.1) is 18.3 Å². The monoisotopic (exact) mass is 550 g/mol. The van der Waals surface area contributed by atoms with Gasteiger partial charge >= 0.3 is 0 Å². The topological polar surface area (TPSA) is 123 Å². The Bertz CT molecular complexity index is 1590. The van der Waals surface area contributed by atoms with Crippen LogP contribution in [0.2, 0.25) is 0 Å². The summed E-state index contributed by atoms with van der Waals surface area (Å²) in [5, 5.41) is 12.2. The molecule has 9 heteroatoms. The van der Waals surface area contributed by atoms with Gasteiger partial charge in [0.05, 0.1) is 36.3 Å². The minimum absolute atomic E-state index is 0.0782. The number of ether oxygens (including phenoxy) is 1. The fraction of sp³-hybridized carbons (Fsp3) is 0.312. The number of benzene rings is 2. The summed E-state index contributed by atoms with van der Waals surface area (Å²) in [7, 11) is 0. The highest BCUT2D eigenvalue weighted by Gasteiger charge is 2.18. The van der Waals surface area contributed by atoms with E-state index in [2.05, 4.69) is 28.3 Å². The van der Waals surface area contributed by atoms with Crippen LogP contribution in [0.4, 0.5) is 0 Å². The lowest BCUT2D eigenvalue weighted by Gasteiger charge is -2.15. The summed E-state index contributed by atoms with van der Waals surface area (Å²) in [4.78, 5) is 38.5. The fourth-order valence-corrected chi connectivity index (χ4v) is 4.55. The first-order valence-electron chi connectivity index (χ1n) is 13.8. The van der Waals surface area contributed by atoms with E-state index < -0.39 is 0 Å². The average Bonchev–Trinajstić information content (AvgIpc) is 2.98. The average molecular weight is 551 g/mol. The third-order valence-electron chi connectivity index (χ3n) is 6.67. The summed E-state index contributed by atoms with van der Waals surface area (Å²) in [5.74, 6) is 1.16. The first-order valence-corrected chi connectivity index (χ1v) is 13.8. The Labute approximate surface area is 239 Å². The Balaban J connectivity index is 1.59. The Kier molecular flexibility index (Phi) is 9.94. The summed E-state index contributed by atoms with van der Waals surface area (Å²) < 4.78 is 7.11. The molecule has 2 heterocycles. The zero-order valence-corrected chi connectivity index (χ0v) is 23.7. The highest BCUT2D eigenvalue weighted by Crippen LogP contribution is 2.24. The van der Waals surface area contributed by atoms with Crippen molar-refractivity contribution < 1.29 is 9.53 Å². The quantitative estimate of drug-likeness (QED) is 0.254. The molecular formula is C32H34N6O3. The van der Waals surface area contributed by atoms with Crippen LogP contribution in [0.1, 0.15) is 61.3 Å². The van der Waals surface area contributed by atoms with Crippen molar-refractivity contribution in [1.29, 1.82) is 5.26 Å². The van der Waals surface area contributed by atoms with Crippen molar-refractivity contribution in [2.75, 3.05) is 13.2 Å². The molecule has 0 radical (unpaired) electrons. The van der Waals surface area contributed by atoms with Gasteiger partial charge in [-0.3, -0.25) is 9.59 Å². The lowest BCUT2D eigenvalue weighted by atomic mass is 9.97. The zero-order valence-electron chi connectivity index (χ0n) is 23.7. The Morgan fingerprint density at radius 2 is 1.80 bits per heavy atom. The van der Waals surface area contributed by atoms with Crippen molar-refractivity contribution in [2.24, 2.45) is 0 Å². The van der Waals surface area contributed by atoms with E-state index >= 15 is 0 Å². The van der Waals surface area contributed by atoms with Gasteiger partial charge in [0.2, 0.25) is 11.9 Å². The van der Waals surface area contributed by atoms with Crippen molar-refractivity contribution in [3.05, 3.63) is 99.5 Å². The summed E-state index contributed by atoms with van der Waals surface area (Å²) in [6.45, 7) is 6.31. The predicted octanol–water partition coefficient (Wildman–Crippen LogP) is 4.71. The van der Waals surface area contributed by atoms with Crippen LogP contribution >= 0.6 is 0 Å². The van der Waals surface area contributed by atoms with E-state index in [1.54, 1.807) is 13.0 Å². The molecule has 4 aromatic rings. The second kappa shape index (κ2) is 14.0. The van der Waals surface area contributed by atoms with Gasteiger partial charge in [-0.05, 0) is 48.9 Å². The minimum Gasteiger partial charge on any atom is -0.490 e. The van der Waals surface area contributed by atoms with Crippen molar-refractivity contribution in [2.45, 2.75) is 52.9 Å². The molecule has 2 aromatic heterocycles. The molecule has 1 N–H and O–H groups in total. The van der Waals surface area contributed by atoms with Crippen molar-refractivity contribution >= 4 is 5.91 Å². The second-order valence-corrected chi connectivity index (χ2v) is 9.76. The molecule has 0 bridgehead atoms. The predicted molar refractivity (Wildman–Crippen MR) is 157 cm³/mol. The van der Waals surface area contributed by atoms with E-state index in [1.165, 1.54) is 23.9 Å². The lowest BCUT2D eigenvalue weighted by Crippen LogP contribution is -2.29. The number of unbranched alkanes of at least 4 members (excludes halogenated alkanes) is 1. The van der Waals surface area contributed by atoms with Crippen LogP contribution in [0.25, 0.3) is 17.1 Å². The number of nitrogens with zero attached hydrogens (tertiary/aromatic N) is 5. The number of aromatic nitrogens is 4. The van der Waals surface area contributed by atoms with Crippen molar-refractivity contribution in [1.82, 2.24) is 24.8 Å². The van der Waals surface area contributed by atoms with Crippen LogP contribution in [0.5, 0.6) is 5.75 Å². The van der Waals surface area contributed by atoms with E-state index in [4.69, 9.17) is 9.72 Å². The van der Waals surface area contributed by atoms with Gasteiger partial charge in [0.1, 0.15) is 5.82 Å². The highest BCUT2D eigenvalue weighted by atomic mass is 16.5. The van der Waals surface area contributed by atoms with Crippen molar-refractivity contribution in [3.63, 3.8) is 0 Å². The maximum atomic E-state index is 13.9. The highest BCUT2D eigenvalue weighted by molar-refractivity contribution is 5.72. The normalized spacial score (nSPS) is 10.7. The summed E-state index contributed by atoms with van der Waals surface area (Å²) in [6, 6.07) is 17.7. The number of carbonyl (C=O) groups is 1. The second-order valence-electron chi connectivity index (χ2n) is 9.76. The first kappa shape index (κ1) is 29.2. The molecule has 0 atom stereocenters. The minimum atomic E-state index is -0.188. The van der Waals surface area contributed by atoms with Crippen LogP contribution in [-0.4, -0.2) is 38.6 Å². The molecule has 0 aliphatic heterocycles. The fourth-order valence-electron chi connectivity index (χ4n) is 4.55. The summed E-state index contributed by atoms with van der Waals surface area (Å²) in [5.41, 5.74) is 4.64.